The van der Waals surface area contributed by atoms with Crippen LogP contribution in [0.3, 0.4) is 0 Å². The number of ketones is 1. The molecule has 4 N–H and O–H groups in total. The van der Waals surface area contributed by atoms with Crippen molar-refractivity contribution in [3.8, 4) is 0 Å². The molecule has 0 bridgehead atoms. The molecule has 192 valence electrons. The van der Waals surface area contributed by atoms with Crippen LogP contribution in [-0.4, -0.2) is 55.6 Å². The number of carbonyl (C=O) groups excluding carboxylic acids is 4. The number of rotatable bonds is 7. The maximum atomic E-state index is 13.6. The van der Waals surface area contributed by atoms with Crippen LogP contribution in [0.1, 0.15) is 68.3 Å². The number of aryl methyl sites for hydroxylation is 1. The number of nitrogens with one attached hydrogen (secondary N) is 4. The number of Topliss-reactive ketones (excluding diaryl/α,β-unsaturated/α-hetero) is 1. The molecule has 3 heterocycles. The van der Waals surface area contributed by atoms with Crippen molar-refractivity contribution in [2.24, 2.45) is 11.8 Å². The number of H-pyrrole nitrogens is 1. The van der Waals surface area contributed by atoms with Crippen LogP contribution in [0.4, 0.5) is 0 Å². The van der Waals surface area contributed by atoms with E-state index in [2.05, 4.69) is 31.4 Å². The number of aromatic amines is 1. The van der Waals surface area contributed by atoms with Gasteiger partial charge >= 0.3 is 0 Å². The van der Waals surface area contributed by atoms with Crippen molar-refractivity contribution >= 4 is 23.5 Å². The Morgan fingerprint density at radius 1 is 1.22 bits per heavy atom. The molecule has 1 aliphatic heterocycles. The number of carbonyl (C=O) groups is 4. The van der Waals surface area contributed by atoms with Gasteiger partial charge in [0.2, 0.25) is 17.7 Å². The second-order valence-electron chi connectivity index (χ2n) is 10.3. The Balaban J connectivity index is 1.33. The predicted molar refractivity (Wildman–Crippen MR) is 128 cm³/mol. The summed E-state index contributed by atoms with van der Waals surface area (Å²) < 4.78 is 2.01. The van der Waals surface area contributed by atoms with E-state index in [1.54, 1.807) is 6.20 Å². The summed E-state index contributed by atoms with van der Waals surface area (Å²) in [5, 5.41) is 19.0. The monoisotopic (exact) mass is 495 g/mol. The van der Waals surface area contributed by atoms with Gasteiger partial charge in [0.05, 0.1) is 18.4 Å². The highest BCUT2D eigenvalue weighted by Gasteiger charge is 2.43. The molecule has 2 aromatic heterocycles. The van der Waals surface area contributed by atoms with E-state index in [1.807, 2.05) is 16.8 Å². The molecule has 5 rings (SSSR count). The van der Waals surface area contributed by atoms with Gasteiger partial charge in [-0.2, -0.15) is 0 Å². The molecular formula is C25H33N7O4. The molecule has 2 aromatic rings. The summed E-state index contributed by atoms with van der Waals surface area (Å²) in [5.74, 6) is -1.62. The molecule has 1 fully saturated rings. The molecule has 0 spiro atoms. The van der Waals surface area contributed by atoms with Gasteiger partial charge in [-0.3, -0.25) is 24.3 Å². The lowest BCUT2D eigenvalue weighted by Crippen LogP contribution is -2.54. The summed E-state index contributed by atoms with van der Waals surface area (Å²) in [6, 6.07) is 1.05. The van der Waals surface area contributed by atoms with Crippen molar-refractivity contribution in [1.82, 2.24) is 35.9 Å². The summed E-state index contributed by atoms with van der Waals surface area (Å²) in [4.78, 5) is 51.8. The predicted octanol–water partition coefficient (Wildman–Crippen LogP) is 0.721. The Labute approximate surface area is 209 Å². The van der Waals surface area contributed by atoms with Gasteiger partial charge in [-0.1, -0.05) is 18.1 Å². The Morgan fingerprint density at radius 3 is 2.75 bits per heavy atom. The maximum Gasteiger partial charge on any atom is 0.243 e. The summed E-state index contributed by atoms with van der Waals surface area (Å²) in [6.07, 6.45) is 8.95. The largest absolute Gasteiger partial charge is 0.350 e. The first kappa shape index (κ1) is 24.2. The van der Waals surface area contributed by atoms with Crippen LogP contribution in [0.5, 0.6) is 0 Å². The van der Waals surface area contributed by atoms with Crippen LogP contribution < -0.4 is 16.0 Å². The molecule has 3 amide bonds. The molecule has 11 heteroatoms. The summed E-state index contributed by atoms with van der Waals surface area (Å²) in [5.41, 5.74) is 2.61. The minimum atomic E-state index is -0.589. The SMILES string of the molecule is CC(=O)N[C@H](C(=O)N[C@H]1CCc2ccn3c2C1C(=O)C[C@H](C(=O)NCc1c[nH]nn1)C3)C1CCCC1. The van der Waals surface area contributed by atoms with Crippen LogP contribution in [0.2, 0.25) is 0 Å². The second-order valence-corrected chi connectivity index (χ2v) is 10.3. The Kier molecular flexibility index (Phi) is 6.88. The third-order valence-electron chi connectivity index (χ3n) is 7.85. The fourth-order valence-electron chi connectivity index (χ4n) is 6.14. The molecule has 1 saturated carbocycles. The summed E-state index contributed by atoms with van der Waals surface area (Å²) in [7, 11) is 0. The number of aromatic nitrogens is 4. The molecule has 3 aliphatic rings. The van der Waals surface area contributed by atoms with E-state index in [0.717, 1.165) is 43.4 Å². The van der Waals surface area contributed by atoms with Crippen molar-refractivity contribution in [1.29, 1.82) is 0 Å². The lowest BCUT2D eigenvalue weighted by atomic mass is 9.79. The quantitative estimate of drug-likeness (QED) is 0.444. The van der Waals surface area contributed by atoms with Crippen LogP contribution >= 0.6 is 0 Å². The average Bonchev–Trinajstić information content (AvgIpc) is 3.61. The van der Waals surface area contributed by atoms with E-state index in [4.69, 9.17) is 0 Å². The Morgan fingerprint density at radius 2 is 2.03 bits per heavy atom. The van der Waals surface area contributed by atoms with E-state index in [-0.39, 0.29) is 48.4 Å². The number of amides is 3. The number of nitrogens with zero attached hydrogens (tertiary/aromatic N) is 3. The normalized spacial score (nSPS) is 24.5. The van der Waals surface area contributed by atoms with Crippen molar-refractivity contribution in [3.05, 3.63) is 35.4 Å². The van der Waals surface area contributed by atoms with E-state index >= 15 is 0 Å². The third-order valence-corrected chi connectivity index (χ3v) is 7.85. The van der Waals surface area contributed by atoms with Crippen LogP contribution in [-0.2, 0) is 38.7 Å². The molecule has 4 atom stereocenters. The topological polar surface area (TPSA) is 151 Å². The fourth-order valence-corrected chi connectivity index (χ4v) is 6.14. The van der Waals surface area contributed by atoms with Crippen LogP contribution in [0.25, 0.3) is 0 Å². The Hall–Kier alpha value is -3.50. The highest BCUT2D eigenvalue weighted by Crippen LogP contribution is 2.38. The van der Waals surface area contributed by atoms with Gasteiger partial charge in [-0.05, 0) is 43.2 Å². The summed E-state index contributed by atoms with van der Waals surface area (Å²) in [6.45, 7) is 2.06. The third kappa shape index (κ3) is 4.91. The van der Waals surface area contributed by atoms with Crippen LogP contribution in [0.15, 0.2) is 18.5 Å². The van der Waals surface area contributed by atoms with Gasteiger partial charge in [0, 0.05) is 44.0 Å². The van der Waals surface area contributed by atoms with Crippen molar-refractivity contribution < 1.29 is 19.2 Å². The maximum absolute atomic E-state index is 13.6. The highest BCUT2D eigenvalue weighted by atomic mass is 16.2. The molecule has 1 unspecified atom stereocenters. The molecule has 0 aromatic carbocycles. The first-order chi connectivity index (χ1) is 17.4. The molecular weight excluding hydrogens is 462 g/mol. The van der Waals surface area contributed by atoms with E-state index in [0.29, 0.717) is 18.7 Å². The van der Waals surface area contributed by atoms with E-state index < -0.39 is 17.9 Å². The number of hydrogen-bond donors (Lipinski definition) is 4. The van der Waals surface area contributed by atoms with Crippen molar-refractivity contribution in [2.45, 2.75) is 83.0 Å². The molecule has 0 saturated heterocycles. The molecule has 11 nitrogen and oxygen atoms in total. The second kappa shape index (κ2) is 10.2. The van der Waals surface area contributed by atoms with Gasteiger partial charge in [0.15, 0.2) is 0 Å². The minimum Gasteiger partial charge on any atom is -0.350 e. The van der Waals surface area contributed by atoms with E-state index in [1.165, 1.54) is 6.92 Å². The highest BCUT2D eigenvalue weighted by molar-refractivity contribution is 5.93. The zero-order chi connectivity index (χ0) is 25.2. The minimum absolute atomic E-state index is 0.0442. The van der Waals surface area contributed by atoms with Crippen molar-refractivity contribution in [3.63, 3.8) is 0 Å². The summed E-state index contributed by atoms with van der Waals surface area (Å²) >= 11 is 0. The van der Waals surface area contributed by atoms with Gasteiger partial charge in [0.25, 0.3) is 0 Å². The van der Waals surface area contributed by atoms with Gasteiger partial charge in [-0.25, -0.2) is 0 Å². The molecule has 2 aliphatic carbocycles. The first-order valence-corrected chi connectivity index (χ1v) is 12.8. The number of hydrogen-bond acceptors (Lipinski definition) is 6. The molecule has 36 heavy (non-hydrogen) atoms. The van der Waals surface area contributed by atoms with Gasteiger partial charge < -0.3 is 20.5 Å². The smallest absolute Gasteiger partial charge is 0.243 e. The van der Waals surface area contributed by atoms with Crippen LogP contribution in [0, 0.1) is 11.8 Å². The lowest BCUT2D eigenvalue weighted by molar-refractivity contribution is -0.132. The molecule has 0 radical (unpaired) electrons. The zero-order valence-corrected chi connectivity index (χ0v) is 20.5. The first-order valence-electron chi connectivity index (χ1n) is 12.8. The Bertz CT molecular complexity index is 1140. The van der Waals surface area contributed by atoms with Crippen molar-refractivity contribution in [2.75, 3.05) is 0 Å². The standard InChI is InChI=1S/C25H33N7O4/c1-14(33)28-22(15-4-2-3-5-15)25(36)29-19-7-6-16-8-9-32-13-17(10-20(34)21(19)23(16)32)24(35)26-11-18-12-27-31-30-18/h8-9,12,15,17,19,21-22H,2-7,10-11,13H2,1H3,(H,26,35)(H,28,33)(H,29,36)(H,27,30,31)/t17-,19-,21?,22-/m0/s1. The van der Waals surface area contributed by atoms with E-state index in [9.17, 15) is 19.2 Å². The lowest BCUT2D eigenvalue weighted by Gasteiger charge is -2.34. The fraction of sp³-hybridized carbons (Fsp3) is 0.600. The average molecular weight is 496 g/mol. The zero-order valence-electron chi connectivity index (χ0n) is 20.5. The van der Waals surface area contributed by atoms with Gasteiger partial charge in [-0.15, -0.1) is 5.10 Å². The van der Waals surface area contributed by atoms with Gasteiger partial charge in [0.1, 0.15) is 17.5 Å².